The number of esters is 1. The van der Waals surface area contributed by atoms with Crippen LogP contribution in [0.25, 0.3) is 6.08 Å². The first-order valence-corrected chi connectivity index (χ1v) is 15.9. The highest BCUT2D eigenvalue weighted by atomic mass is 32.2. The number of benzene rings is 4. The normalized spacial score (nSPS) is 15.3. The predicted octanol–water partition coefficient (Wildman–Crippen LogP) is 5.43. The molecule has 242 valence electrons. The third-order valence-corrected chi connectivity index (χ3v) is 8.53. The van der Waals surface area contributed by atoms with Gasteiger partial charge < -0.3 is 24.8 Å². The van der Waals surface area contributed by atoms with Crippen molar-refractivity contribution >= 4 is 58.8 Å². The lowest BCUT2D eigenvalue weighted by molar-refractivity contribution is -0.121. The molecule has 4 aromatic carbocycles. The van der Waals surface area contributed by atoms with Crippen molar-refractivity contribution in [3.63, 3.8) is 0 Å². The fraction of sp³-hybridized carbons (Fsp3) is 0.139. The molecule has 0 radical (unpaired) electrons. The number of amides is 4. The van der Waals surface area contributed by atoms with Crippen LogP contribution in [-0.2, 0) is 19.1 Å². The van der Waals surface area contributed by atoms with Crippen LogP contribution in [0.1, 0.15) is 39.6 Å². The maximum atomic E-state index is 13.6. The molecule has 0 spiro atoms. The summed E-state index contributed by atoms with van der Waals surface area (Å²) in [5, 5.41) is 4.84. The molecule has 2 aliphatic heterocycles. The molecule has 1 saturated heterocycles. The second kappa shape index (κ2) is 14.3. The lowest BCUT2D eigenvalue weighted by Gasteiger charge is -2.16. The summed E-state index contributed by atoms with van der Waals surface area (Å²) >= 11 is 1.20. The summed E-state index contributed by atoms with van der Waals surface area (Å²) in [7, 11) is 0. The van der Waals surface area contributed by atoms with Crippen molar-refractivity contribution in [3.8, 4) is 11.5 Å². The lowest BCUT2D eigenvalue weighted by atomic mass is 10.1. The summed E-state index contributed by atoms with van der Waals surface area (Å²) in [6, 6.07) is 26.6. The average molecular weight is 664 g/mol. The number of carbonyl (C=O) groups is 5. The molecule has 0 saturated carbocycles. The van der Waals surface area contributed by atoms with Gasteiger partial charge in [-0.2, -0.15) is 0 Å². The Morgan fingerprint density at radius 3 is 2.44 bits per heavy atom. The van der Waals surface area contributed by atoms with Gasteiger partial charge in [0.25, 0.3) is 11.8 Å². The van der Waals surface area contributed by atoms with E-state index in [2.05, 4.69) is 10.6 Å². The number of fused-ring (bicyclic) bond motifs is 1. The quantitative estimate of drug-likeness (QED) is 0.129. The molecule has 2 N–H and O–H groups in total. The minimum absolute atomic E-state index is 0.0121. The number of nitrogens with zero attached hydrogens (tertiary/aromatic N) is 1. The Kier molecular flexibility index (Phi) is 9.53. The van der Waals surface area contributed by atoms with E-state index in [9.17, 15) is 24.0 Å². The zero-order valence-corrected chi connectivity index (χ0v) is 26.5. The molecule has 0 aliphatic carbocycles. The van der Waals surface area contributed by atoms with E-state index in [0.717, 1.165) is 4.90 Å². The summed E-state index contributed by atoms with van der Waals surface area (Å²) in [5.41, 5.74) is 2.06. The highest BCUT2D eigenvalue weighted by molar-refractivity contribution is 8.00. The fourth-order valence-electron chi connectivity index (χ4n) is 5.05. The zero-order chi connectivity index (χ0) is 33.6. The van der Waals surface area contributed by atoms with Gasteiger partial charge in [-0.1, -0.05) is 30.3 Å². The van der Waals surface area contributed by atoms with Crippen LogP contribution in [0.15, 0.2) is 108 Å². The topological polar surface area (TPSA) is 140 Å². The van der Waals surface area contributed by atoms with E-state index in [1.807, 2.05) is 0 Å². The largest absolute Gasteiger partial charge is 0.462 e. The van der Waals surface area contributed by atoms with Crippen LogP contribution in [-0.4, -0.2) is 48.2 Å². The maximum Gasteiger partial charge on any atom is 0.338 e. The van der Waals surface area contributed by atoms with Crippen LogP contribution in [0.4, 0.5) is 11.4 Å². The molecular weight excluding hydrogens is 634 g/mol. The van der Waals surface area contributed by atoms with Gasteiger partial charge in [0.05, 0.1) is 23.1 Å². The Hall–Kier alpha value is -5.88. The summed E-state index contributed by atoms with van der Waals surface area (Å²) in [6.07, 6.45) is 1.51. The number of ether oxygens (including phenoxy) is 3. The Labute approximate surface area is 279 Å². The second-order valence-corrected chi connectivity index (χ2v) is 11.9. The molecule has 1 unspecified atom stereocenters. The predicted molar refractivity (Wildman–Crippen MR) is 179 cm³/mol. The second-order valence-electron chi connectivity index (χ2n) is 10.6. The molecular formula is C36H29N3O8S. The van der Waals surface area contributed by atoms with E-state index in [4.69, 9.17) is 14.2 Å². The van der Waals surface area contributed by atoms with Gasteiger partial charge >= 0.3 is 5.97 Å². The van der Waals surface area contributed by atoms with Crippen molar-refractivity contribution in [1.29, 1.82) is 0 Å². The summed E-state index contributed by atoms with van der Waals surface area (Å²) in [6.45, 7) is 2.04. The van der Waals surface area contributed by atoms with Gasteiger partial charge in [0.1, 0.15) is 5.70 Å². The number of thioether (sulfide) groups is 1. The first-order valence-electron chi connectivity index (χ1n) is 15.0. The lowest BCUT2D eigenvalue weighted by Crippen LogP contribution is -2.31. The van der Waals surface area contributed by atoms with Crippen molar-refractivity contribution in [2.45, 2.75) is 23.5 Å². The van der Waals surface area contributed by atoms with E-state index < -0.39 is 23.0 Å². The van der Waals surface area contributed by atoms with Crippen LogP contribution in [0.2, 0.25) is 0 Å². The molecule has 48 heavy (non-hydrogen) atoms. The minimum atomic E-state index is -0.695. The van der Waals surface area contributed by atoms with Gasteiger partial charge in [-0.05, 0) is 85.3 Å². The summed E-state index contributed by atoms with van der Waals surface area (Å²) < 4.78 is 15.8. The van der Waals surface area contributed by atoms with Gasteiger partial charge in [-0.3, -0.25) is 19.2 Å². The van der Waals surface area contributed by atoms with E-state index in [1.165, 1.54) is 42.1 Å². The van der Waals surface area contributed by atoms with Crippen molar-refractivity contribution in [2.24, 2.45) is 0 Å². The van der Waals surface area contributed by atoms with Crippen LogP contribution < -0.4 is 25.0 Å². The fourth-order valence-corrected chi connectivity index (χ4v) is 6.16. The van der Waals surface area contributed by atoms with Gasteiger partial charge in [0.2, 0.25) is 18.6 Å². The van der Waals surface area contributed by atoms with Crippen molar-refractivity contribution < 1.29 is 38.2 Å². The monoisotopic (exact) mass is 663 g/mol. The first-order chi connectivity index (χ1) is 23.3. The Bertz CT molecular complexity index is 1930. The Morgan fingerprint density at radius 1 is 0.896 bits per heavy atom. The highest BCUT2D eigenvalue weighted by Crippen LogP contribution is 2.35. The molecule has 11 nitrogen and oxygen atoms in total. The Balaban J connectivity index is 1.17. The molecule has 4 aromatic rings. The van der Waals surface area contributed by atoms with E-state index in [-0.39, 0.29) is 37.3 Å². The van der Waals surface area contributed by atoms with Gasteiger partial charge in [-0.25, -0.2) is 9.69 Å². The van der Waals surface area contributed by atoms with Crippen LogP contribution in [0.3, 0.4) is 0 Å². The molecule has 12 heteroatoms. The Morgan fingerprint density at radius 2 is 1.67 bits per heavy atom. The van der Waals surface area contributed by atoms with Crippen LogP contribution in [0.5, 0.6) is 11.5 Å². The molecule has 0 bridgehead atoms. The molecule has 6 rings (SSSR count). The summed E-state index contributed by atoms with van der Waals surface area (Å²) in [5.74, 6) is -1.18. The third kappa shape index (κ3) is 7.24. The van der Waals surface area contributed by atoms with Crippen molar-refractivity contribution in [3.05, 3.63) is 119 Å². The van der Waals surface area contributed by atoms with Gasteiger partial charge in [0, 0.05) is 22.6 Å². The minimum Gasteiger partial charge on any atom is -0.462 e. The number of carbonyl (C=O) groups excluding carboxylic acids is 5. The molecule has 2 heterocycles. The van der Waals surface area contributed by atoms with E-state index >= 15 is 0 Å². The molecule has 0 aromatic heterocycles. The number of rotatable bonds is 10. The molecule has 1 fully saturated rings. The number of hydrogen-bond donors (Lipinski definition) is 2. The SMILES string of the molecule is CCOC(=O)c1ccc(N2C(=O)CC(Sc3cccc(NC(=O)C(=Cc4ccc5c(c4)OCO5)NC(=O)c4ccccc4)c3)C2=O)cc1. The number of nitrogens with one attached hydrogen (secondary N) is 2. The first kappa shape index (κ1) is 32.1. The van der Waals surface area contributed by atoms with E-state index in [0.29, 0.717) is 44.5 Å². The smallest absolute Gasteiger partial charge is 0.338 e. The molecule has 4 amide bonds. The van der Waals surface area contributed by atoms with Crippen LogP contribution in [0, 0.1) is 0 Å². The maximum absolute atomic E-state index is 13.6. The van der Waals surface area contributed by atoms with Crippen LogP contribution >= 0.6 is 11.8 Å². The number of anilines is 2. The number of imide groups is 1. The number of hydrogen-bond acceptors (Lipinski definition) is 9. The van der Waals surface area contributed by atoms with Crippen molar-refractivity contribution in [1.82, 2.24) is 5.32 Å². The average Bonchev–Trinajstić information content (AvgIpc) is 3.67. The van der Waals surface area contributed by atoms with Crippen molar-refractivity contribution in [2.75, 3.05) is 23.6 Å². The summed E-state index contributed by atoms with van der Waals surface area (Å²) in [4.78, 5) is 66.6. The third-order valence-electron chi connectivity index (χ3n) is 7.35. The van der Waals surface area contributed by atoms with E-state index in [1.54, 1.807) is 79.7 Å². The van der Waals surface area contributed by atoms with Gasteiger partial charge in [0.15, 0.2) is 11.5 Å². The highest BCUT2D eigenvalue weighted by Gasteiger charge is 2.40. The molecule has 2 aliphatic rings. The zero-order valence-electron chi connectivity index (χ0n) is 25.6. The molecule has 1 atom stereocenters. The standard InChI is InChI=1S/C36H29N3O8S/c1-2-45-36(44)24-12-14-26(15-13-24)39-32(40)20-31(35(39)43)48-27-10-6-9-25(19-27)37-34(42)28(38-33(41)23-7-4-3-5-8-23)17-22-11-16-29-30(18-22)47-21-46-29/h3-19,31H,2,20-21H2,1H3,(H,37,42)(H,38,41). The van der Waals surface area contributed by atoms with Gasteiger partial charge in [-0.15, -0.1) is 11.8 Å².